The van der Waals surface area contributed by atoms with Crippen molar-refractivity contribution in [3.63, 3.8) is 0 Å². The van der Waals surface area contributed by atoms with Crippen molar-refractivity contribution in [2.45, 2.75) is 25.7 Å². The smallest absolute Gasteiger partial charge is 0.306 e. The molecule has 0 aromatic carbocycles. The summed E-state index contributed by atoms with van der Waals surface area (Å²) >= 11 is 0. The van der Waals surface area contributed by atoms with Gasteiger partial charge in [-0.15, -0.1) is 0 Å². The Morgan fingerprint density at radius 3 is 2.24 bits per heavy atom. The van der Waals surface area contributed by atoms with Gasteiger partial charge in [-0.3, -0.25) is 9.59 Å². The molecular formula is C12H21NO4. The summed E-state index contributed by atoms with van der Waals surface area (Å²) in [6.07, 6.45) is 2.95. The van der Waals surface area contributed by atoms with Crippen LogP contribution in [0.25, 0.3) is 0 Å². The van der Waals surface area contributed by atoms with Gasteiger partial charge in [-0.05, 0) is 31.8 Å². The predicted molar refractivity (Wildman–Crippen MR) is 62.4 cm³/mol. The Kier molecular flexibility index (Phi) is 5.97. The predicted octanol–water partition coefficient (Wildman–Crippen LogP) is 0.825. The lowest BCUT2D eigenvalue weighted by Gasteiger charge is -2.31. The maximum absolute atomic E-state index is 11.1. The summed E-state index contributed by atoms with van der Waals surface area (Å²) in [6, 6.07) is 0. The molecule has 5 nitrogen and oxygen atoms in total. The van der Waals surface area contributed by atoms with Gasteiger partial charge >= 0.3 is 11.9 Å². The number of carbonyl (C=O) groups is 2. The van der Waals surface area contributed by atoms with E-state index in [1.165, 1.54) is 14.2 Å². The van der Waals surface area contributed by atoms with Crippen molar-refractivity contribution < 1.29 is 19.1 Å². The Bertz CT molecular complexity index is 259. The van der Waals surface area contributed by atoms with Gasteiger partial charge in [0.1, 0.15) is 0 Å². The van der Waals surface area contributed by atoms with Gasteiger partial charge in [0.05, 0.1) is 20.6 Å². The van der Waals surface area contributed by atoms with Crippen molar-refractivity contribution in [2.24, 2.45) is 5.92 Å². The van der Waals surface area contributed by atoms with E-state index >= 15 is 0 Å². The van der Waals surface area contributed by atoms with Gasteiger partial charge in [0.15, 0.2) is 0 Å². The normalized spacial score (nSPS) is 17.8. The molecule has 1 heterocycles. The van der Waals surface area contributed by atoms with Gasteiger partial charge < -0.3 is 14.4 Å². The van der Waals surface area contributed by atoms with Crippen LogP contribution in [0.4, 0.5) is 0 Å². The minimum absolute atomic E-state index is 0.127. The van der Waals surface area contributed by atoms with Crippen LogP contribution in [-0.2, 0) is 19.1 Å². The molecule has 98 valence electrons. The standard InChI is InChI=1S/C12H21NO4/c1-16-11(14)5-8-13-6-3-10(4-7-13)9-12(15)17-2/h10H,3-9H2,1-2H3. The highest BCUT2D eigenvalue weighted by Gasteiger charge is 2.21. The highest BCUT2D eigenvalue weighted by atomic mass is 16.5. The van der Waals surface area contributed by atoms with Crippen LogP contribution >= 0.6 is 0 Å². The van der Waals surface area contributed by atoms with Crippen molar-refractivity contribution >= 4 is 11.9 Å². The van der Waals surface area contributed by atoms with E-state index in [0.29, 0.717) is 18.8 Å². The summed E-state index contributed by atoms with van der Waals surface area (Å²) < 4.78 is 9.26. The Balaban J connectivity index is 2.17. The van der Waals surface area contributed by atoms with Crippen LogP contribution < -0.4 is 0 Å². The molecule has 0 aliphatic carbocycles. The van der Waals surface area contributed by atoms with Crippen LogP contribution in [0.1, 0.15) is 25.7 Å². The number of rotatable bonds is 5. The van der Waals surface area contributed by atoms with Gasteiger partial charge in [0.2, 0.25) is 0 Å². The van der Waals surface area contributed by atoms with Crippen LogP contribution in [0.15, 0.2) is 0 Å². The highest BCUT2D eigenvalue weighted by Crippen LogP contribution is 2.20. The second kappa shape index (κ2) is 7.27. The second-order valence-electron chi connectivity index (χ2n) is 4.39. The molecule has 1 aliphatic rings. The molecule has 5 heteroatoms. The molecule has 17 heavy (non-hydrogen) atoms. The lowest BCUT2D eigenvalue weighted by molar-refractivity contribution is -0.142. The SMILES string of the molecule is COC(=O)CCN1CCC(CC(=O)OC)CC1. The molecule has 0 aromatic heterocycles. The fourth-order valence-corrected chi connectivity index (χ4v) is 2.08. The molecule has 1 rings (SSSR count). The third-order valence-corrected chi connectivity index (χ3v) is 3.25. The van der Waals surface area contributed by atoms with E-state index in [4.69, 9.17) is 0 Å². The second-order valence-corrected chi connectivity index (χ2v) is 4.39. The Labute approximate surface area is 102 Å². The number of hydrogen-bond acceptors (Lipinski definition) is 5. The maximum atomic E-state index is 11.1. The number of methoxy groups -OCH3 is 2. The molecule has 0 radical (unpaired) electrons. The van der Waals surface area contributed by atoms with E-state index in [1.54, 1.807) is 0 Å². The van der Waals surface area contributed by atoms with Gasteiger partial charge in [-0.2, -0.15) is 0 Å². The van der Waals surface area contributed by atoms with E-state index in [9.17, 15) is 9.59 Å². The van der Waals surface area contributed by atoms with Crippen LogP contribution in [0.5, 0.6) is 0 Å². The molecule has 0 atom stereocenters. The minimum atomic E-state index is -0.165. The summed E-state index contributed by atoms with van der Waals surface area (Å²) in [5, 5.41) is 0. The zero-order chi connectivity index (χ0) is 12.7. The van der Waals surface area contributed by atoms with Crippen LogP contribution in [0.3, 0.4) is 0 Å². The largest absolute Gasteiger partial charge is 0.469 e. The first-order chi connectivity index (χ1) is 8.15. The van der Waals surface area contributed by atoms with E-state index in [-0.39, 0.29) is 11.9 Å². The number of piperidine rings is 1. The number of likely N-dealkylation sites (tertiary alicyclic amines) is 1. The van der Waals surface area contributed by atoms with Crippen molar-refractivity contribution in [2.75, 3.05) is 33.9 Å². The number of nitrogens with zero attached hydrogens (tertiary/aromatic N) is 1. The molecule has 0 saturated carbocycles. The maximum Gasteiger partial charge on any atom is 0.306 e. The van der Waals surface area contributed by atoms with Gasteiger partial charge in [-0.25, -0.2) is 0 Å². The average Bonchev–Trinajstić information content (AvgIpc) is 2.37. The fraction of sp³-hybridized carbons (Fsp3) is 0.833. The molecule has 0 spiro atoms. The minimum Gasteiger partial charge on any atom is -0.469 e. The van der Waals surface area contributed by atoms with Gasteiger partial charge in [0.25, 0.3) is 0 Å². The Hall–Kier alpha value is -1.10. The van der Waals surface area contributed by atoms with Crippen molar-refractivity contribution in [3.05, 3.63) is 0 Å². The summed E-state index contributed by atoms with van der Waals surface area (Å²) in [6.45, 7) is 2.63. The van der Waals surface area contributed by atoms with E-state index < -0.39 is 0 Å². The number of carbonyl (C=O) groups excluding carboxylic acids is 2. The van der Waals surface area contributed by atoms with Crippen molar-refractivity contribution in [1.29, 1.82) is 0 Å². The average molecular weight is 243 g/mol. The van der Waals surface area contributed by atoms with E-state index in [1.807, 2.05) is 0 Å². The molecule has 0 N–H and O–H groups in total. The fourth-order valence-electron chi connectivity index (χ4n) is 2.08. The molecule has 1 saturated heterocycles. The summed E-state index contributed by atoms with van der Waals surface area (Å²) in [4.78, 5) is 24.4. The van der Waals surface area contributed by atoms with Crippen LogP contribution in [0, 0.1) is 5.92 Å². The van der Waals surface area contributed by atoms with E-state index in [2.05, 4.69) is 14.4 Å². The third kappa shape index (κ3) is 5.17. The summed E-state index contributed by atoms with van der Waals surface area (Å²) in [5.41, 5.74) is 0. The Morgan fingerprint density at radius 2 is 1.71 bits per heavy atom. The first-order valence-electron chi connectivity index (χ1n) is 6.01. The molecule has 0 bridgehead atoms. The van der Waals surface area contributed by atoms with E-state index in [0.717, 1.165) is 32.5 Å². The summed E-state index contributed by atoms with van der Waals surface area (Å²) in [5.74, 6) is 0.136. The molecule has 0 amide bonds. The van der Waals surface area contributed by atoms with Crippen LogP contribution in [-0.4, -0.2) is 50.7 Å². The molecule has 1 aliphatic heterocycles. The zero-order valence-electron chi connectivity index (χ0n) is 10.6. The molecular weight excluding hydrogens is 222 g/mol. The quantitative estimate of drug-likeness (QED) is 0.669. The number of esters is 2. The highest BCUT2D eigenvalue weighted by molar-refractivity contribution is 5.69. The van der Waals surface area contributed by atoms with Gasteiger partial charge in [-0.1, -0.05) is 0 Å². The van der Waals surface area contributed by atoms with Crippen molar-refractivity contribution in [1.82, 2.24) is 4.90 Å². The summed E-state index contributed by atoms with van der Waals surface area (Å²) in [7, 11) is 2.83. The molecule has 0 unspecified atom stereocenters. The third-order valence-electron chi connectivity index (χ3n) is 3.25. The lowest BCUT2D eigenvalue weighted by atomic mass is 9.93. The monoisotopic (exact) mass is 243 g/mol. The first-order valence-corrected chi connectivity index (χ1v) is 6.01. The number of hydrogen-bond donors (Lipinski definition) is 0. The van der Waals surface area contributed by atoms with Crippen molar-refractivity contribution in [3.8, 4) is 0 Å². The molecule has 0 aromatic rings. The van der Waals surface area contributed by atoms with Crippen LogP contribution in [0.2, 0.25) is 0 Å². The van der Waals surface area contributed by atoms with Gasteiger partial charge in [0, 0.05) is 13.0 Å². The zero-order valence-corrected chi connectivity index (χ0v) is 10.6. The topological polar surface area (TPSA) is 55.8 Å². The first kappa shape index (κ1) is 14.0. The molecule has 1 fully saturated rings. The Morgan fingerprint density at radius 1 is 1.12 bits per heavy atom. The lowest BCUT2D eigenvalue weighted by Crippen LogP contribution is -2.35. The number of ether oxygens (including phenoxy) is 2.